The molecular weight excluding hydrogens is 1370 g/mol. The number of fused-ring (bicyclic) bond motifs is 21. The maximum absolute atomic E-state index is 2.51. The predicted molar refractivity (Wildman–Crippen MR) is 477 cm³/mol. The quantitative estimate of drug-likeness (QED) is 0.134. The number of hydrogen-bond donors (Lipinski definition) is 0. The third-order valence-electron chi connectivity index (χ3n) is 23.4. The van der Waals surface area contributed by atoms with Crippen LogP contribution in [-0.2, 0) is 0 Å². The van der Waals surface area contributed by atoms with Gasteiger partial charge in [0, 0.05) is 116 Å². The number of benzene rings is 18. The fourth-order valence-electron chi connectivity index (χ4n) is 18.6. The van der Waals surface area contributed by atoms with Crippen LogP contribution in [0.3, 0.4) is 0 Å². The standard InChI is InChI=1S/C54H36N4.C52H33N3/c1-3-15-37(16-4-1)55(38-17-5-2-6-18-38)39-27-33-42(34-28-39)58-50-25-13-9-21-45(50)46-35-36-52-53(54(46)58)47-22-10-14-26-51(47)57(52)41-31-29-40(30-32-41)56-48-23-11-7-19-43(48)44-20-8-12-24-49(44)56;1-2-14-34(15-3-1)45-33-38(32-35-16-4-5-17-39(35)45)55-48-24-12-8-20-42(48)43-30-31-50-51(52(43)55)44-21-9-13-25-49(44)54(50)37-28-26-36(27-29-37)53-46-22-10-6-18-40(46)41-19-7-11-23-47(41)53/h1-36H;1-33H. The normalized spacial score (nSPS) is 11.9. The van der Waals surface area contributed by atoms with Crippen LogP contribution in [0.1, 0.15) is 0 Å². The van der Waals surface area contributed by atoms with Crippen LogP contribution in [-0.4, -0.2) is 27.4 Å². The van der Waals surface area contributed by atoms with E-state index in [2.05, 4.69) is 451 Å². The van der Waals surface area contributed by atoms with Crippen LogP contribution >= 0.6 is 0 Å². The molecule has 0 saturated heterocycles. The lowest BCUT2D eigenvalue weighted by molar-refractivity contribution is 1.14. The largest absolute Gasteiger partial charge is 0.311 e. The van der Waals surface area contributed by atoms with Gasteiger partial charge in [0.1, 0.15) is 0 Å². The molecule has 0 bridgehead atoms. The Hall–Kier alpha value is -15.2. The summed E-state index contributed by atoms with van der Waals surface area (Å²) < 4.78 is 14.6. The maximum Gasteiger partial charge on any atom is 0.0641 e. The van der Waals surface area contributed by atoms with Gasteiger partial charge in [-0.3, -0.25) is 0 Å². The van der Waals surface area contributed by atoms with Crippen molar-refractivity contribution < 1.29 is 0 Å². The van der Waals surface area contributed by atoms with Gasteiger partial charge in [-0.25, -0.2) is 0 Å². The summed E-state index contributed by atoms with van der Waals surface area (Å²) >= 11 is 0. The molecule has 0 aliphatic heterocycles. The van der Waals surface area contributed by atoms with Crippen molar-refractivity contribution in [2.24, 2.45) is 0 Å². The van der Waals surface area contributed by atoms with E-state index in [1.165, 1.54) is 153 Å². The highest BCUT2D eigenvalue weighted by atomic mass is 15.1. The van der Waals surface area contributed by atoms with Crippen molar-refractivity contribution >= 4 is 159 Å². The van der Waals surface area contributed by atoms with Crippen molar-refractivity contribution in [1.29, 1.82) is 0 Å². The lowest BCUT2D eigenvalue weighted by Crippen LogP contribution is -2.09. The van der Waals surface area contributed by atoms with E-state index in [0.29, 0.717) is 0 Å². The molecular formula is C106H69N7. The van der Waals surface area contributed by atoms with Gasteiger partial charge in [0.15, 0.2) is 0 Å². The second-order valence-corrected chi connectivity index (χ2v) is 29.5. The lowest BCUT2D eigenvalue weighted by Gasteiger charge is -2.25. The molecule has 0 fully saturated rings. The molecule has 0 unspecified atom stereocenters. The molecule has 0 amide bonds. The number of para-hydroxylation sites is 10. The summed E-state index contributed by atoms with van der Waals surface area (Å²) in [4.78, 5) is 2.31. The smallest absolute Gasteiger partial charge is 0.0641 e. The summed E-state index contributed by atoms with van der Waals surface area (Å²) in [5.74, 6) is 0. The zero-order valence-electron chi connectivity index (χ0n) is 61.5. The number of nitrogens with zero attached hydrogens (tertiary/aromatic N) is 7. The van der Waals surface area contributed by atoms with Crippen molar-refractivity contribution in [3.63, 3.8) is 0 Å². The summed E-state index contributed by atoms with van der Waals surface area (Å²) in [6.07, 6.45) is 0. The molecule has 528 valence electrons. The van der Waals surface area contributed by atoms with Gasteiger partial charge in [0.25, 0.3) is 0 Å². The molecule has 0 spiro atoms. The van der Waals surface area contributed by atoms with Gasteiger partial charge in [0.2, 0.25) is 0 Å². The second kappa shape index (κ2) is 25.7. The van der Waals surface area contributed by atoms with Crippen molar-refractivity contribution in [2.75, 3.05) is 4.90 Å². The Morgan fingerprint density at radius 1 is 0.159 bits per heavy atom. The molecule has 0 atom stereocenters. The zero-order chi connectivity index (χ0) is 74.2. The number of rotatable bonds is 10. The first-order valence-corrected chi connectivity index (χ1v) is 38.8. The van der Waals surface area contributed by atoms with E-state index in [-0.39, 0.29) is 0 Å². The van der Waals surface area contributed by atoms with E-state index < -0.39 is 0 Å². The average Bonchev–Trinajstić information content (AvgIpc) is 1.55. The lowest BCUT2D eigenvalue weighted by atomic mass is 9.97. The van der Waals surface area contributed by atoms with Crippen LogP contribution in [0.15, 0.2) is 419 Å². The topological polar surface area (TPSA) is 32.8 Å². The Bertz CT molecular complexity index is 7740. The summed E-state index contributed by atoms with van der Waals surface area (Å²) in [5, 5.41) is 17.5. The molecule has 0 N–H and O–H groups in total. The van der Waals surface area contributed by atoms with Crippen LogP contribution in [0, 0.1) is 0 Å². The number of aromatic nitrogens is 6. The van der Waals surface area contributed by atoms with Gasteiger partial charge in [-0.1, -0.05) is 249 Å². The number of hydrogen-bond acceptors (Lipinski definition) is 1. The Kier molecular flexibility index (Phi) is 14.6. The molecule has 6 heterocycles. The number of anilines is 3. The maximum atomic E-state index is 2.51. The third kappa shape index (κ3) is 9.95. The molecule has 7 nitrogen and oxygen atoms in total. The van der Waals surface area contributed by atoms with Gasteiger partial charge in [-0.05, 0) is 192 Å². The monoisotopic (exact) mass is 1440 g/mol. The molecule has 6 aromatic heterocycles. The minimum atomic E-state index is 1.10. The first-order valence-electron chi connectivity index (χ1n) is 38.8. The average molecular weight is 1440 g/mol. The highest BCUT2D eigenvalue weighted by molar-refractivity contribution is 6.28. The molecule has 0 aliphatic carbocycles. The van der Waals surface area contributed by atoms with Crippen molar-refractivity contribution in [2.45, 2.75) is 0 Å². The minimum Gasteiger partial charge on any atom is -0.311 e. The predicted octanol–water partition coefficient (Wildman–Crippen LogP) is 28.2. The molecule has 0 saturated carbocycles. The van der Waals surface area contributed by atoms with Crippen molar-refractivity contribution in [3.05, 3.63) is 419 Å². The first-order chi connectivity index (χ1) is 56.1. The molecule has 7 heteroatoms. The third-order valence-corrected chi connectivity index (χ3v) is 23.4. The van der Waals surface area contributed by atoms with E-state index in [0.717, 1.165) is 51.2 Å². The van der Waals surface area contributed by atoms with E-state index in [1.54, 1.807) is 0 Å². The zero-order valence-corrected chi connectivity index (χ0v) is 61.5. The summed E-state index contributed by atoms with van der Waals surface area (Å²) in [7, 11) is 0. The van der Waals surface area contributed by atoms with Crippen LogP contribution in [0.5, 0.6) is 0 Å². The highest BCUT2D eigenvalue weighted by Crippen LogP contribution is 2.47. The van der Waals surface area contributed by atoms with E-state index in [1.807, 2.05) is 0 Å². The van der Waals surface area contributed by atoms with E-state index in [9.17, 15) is 0 Å². The Balaban J connectivity index is 0.000000135. The molecule has 113 heavy (non-hydrogen) atoms. The fourth-order valence-corrected chi connectivity index (χ4v) is 18.6. The molecule has 24 aromatic rings. The van der Waals surface area contributed by atoms with E-state index >= 15 is 0 Å². The molecule has 18 aromatic carbocycles. The van der Waals surface area contributed by atoms with Gasteiger partial charge in [0.05, 0.1) is 66.2 Å². The van der Waals surface area contributed by atoms with Crippen LogP contribution in [0.4, 0.5) is 17.1 Å². The summed E-state index contributed by atoms with van der Waals surface area (Å²) in [6.45, 7) is 0. The van der Waals surface area contributed by atoms with Gasteiger partial charge >= 0.3 is 0 Å². The SMILES string of the molecule is c1ccc(-c2cc(-n3c4ccccc4c4ccc5c(c6ccccc6n5-c5ccc(-n6c7ccccc7c7ccccc76)cc5)c43)cc3ccccc23)cc1.c1ccc(N(c2ccccc2)c2ccc(-n3c4ccccc4c4ccc5c(c6ccccc6n5-c5ccc(-n6c7ccccc7c7ccccc76)cc5)c43)cc2)cc1. The second-order valence-electron chi connectivity index (χ2n) is 29.5. The van der Waals surface area contributed by atoms with Crippen LogP contribution in [0.2, 0.25) is 0 Å². The minimum absolute atomic E-state index is 1.10. The Labute approximate surface area is 650 Å². The van der Waals surface area contributed by atoms with Gasteiger partial charge < -0.3 is 32.3 Å². The van der Waals surface area contributed by atoms with E-state index in [4.69, 9.17) is 0 Å². The first kappa shape index (κ1) is 63.9. The van der Waals surface area contributed by atoms with Gasteiger partial charge in [-0.2, -0.15) is 0 Å². The molecule has 24 rings (SSSR count). The molecule has 0 aliphatic rings. The molecule has 0 radical (unpaired) electrons. The Morgan fingerprint density at radius 2 is 0.425 bits per heavy atom. The van der Waals surface area contributed by atoms with Crippen LogP contribution < -0.4 is 4.90 Å². The highest BCUT2D eigenvalue weighted by Gasteiger charge is 2.26. The van der Waals surface area contributed by atoms with Gasteiger partial charge in [-0.15, -0.1) is 0 Å². The van der Waals surface area contributed by atoms with Crippen molar-refractivity contribution in [1.82, 2.24) is 27.4 Å². The summed E-state index contributed by atoms with van der Waals surface area (Å²) in [5.41, 5.74) is 27.1. The fraction of sp³-hybridized carbons (Fsp3) is 0. The summed E-state index contributed by atoms with van der Waals surface area (Å²) in [6, 6.07) is 152. The van der Waals surface area contributed by atoms with Crippen molar-refractivity contribution in [3.8, 4) is 45.3 Å². The Morgan fingerprint density at radius 3 is 0.814 bits per heavy atom. The van der Waals surface area contributed by atoms with Crippen LogP contribution in [0.25, 0.3) is 187 Å².